The summed E-state index contributed by atoms with van der Waals surface area (Å²) < 4.78 is 55.9. The number of aryl methyl sites for hydroxylation is 1. The van der Waals surface area contributed by atoms with E-state index < -0.39 is 15.6 Å². The van der Waals surface area contributed by atoms with Crippen molar-refractivity contribution in [1.82, 2.24) is 0 Å². The molecule has 1 rings (SSSR count). The molecule has 3 nitrogen and oxygen atoms in total. The predicted molar refractivity (Wildman–Crippen MR) is 53.2 cm³/mol. The summed E-state index contributed by atoms with van der Waals surface area (Å²) in [4.78, 5) is 0. The van der Waals surface area contributed by atoms with Gasteiger partial charge in [0.15, 0.2) is 0 Å². The molecule has 0 bridgehead atoms. The van der Waals surface area contributed by atoms with Gasteiger partial charge in [0.2, 0.25) is 0 Å². The fourth-order valence-electron chi connectivity index (χ4n) is 0.629. The second-order valence-electron chi connectivity index (χ2n) is 2.72. The van der Waals surface area contributed by atoms with E-state index in [-0.39, 0.29) is 0 Å². The van der Waals surface area contributed by atoms with Crippen LogP contribution in [-0.4, -0.2) is 21.0 Å². The Morgan fingerprint density at radius 2 is 1.56 bits per heavy atom. The maximum atomic E-state index is 11.1. The number of hydrogen-bond acceptors (Lipinski definition) is 3. The molecule has 0 saturated carbocycles. The molecule has 0 saturated heterocycles. The molecule has 92 valence electrons. The third kappa shape index (κ3) is 5.13. The maximum absolute atomic E-state index is 11.1. The first-order valence-electron chi connectivity index (χ1n) is 4.09. The summed E-state index contributed by atoms with van der Waals surface area (Å²) in [5.74, 6) is 0. The summed E-state index contributed by atoms with van der Waals surface area (Å²) in [7, 11) is -4.89. The fraction of sp³-hybridized carbons (Fsp3) is 0.333. The molecule has 0 aliphatic heterocycles. The normalized spacial score (nSPS) is 11.6. The zero-order chi connectivity index (χ0) is 12.8. The quantitative estimate of drug-likeness (QED) is 0.572. The Kier molecular flexibility index (Phi) is 5.46. The smallest absolute Gasteiger partial charge is 0.267 e. The van der Waals surface area contributed by atoms with Gasteiger partial charge in [-0.2, -0.15) is 21.6 Å². The summed E-state index contributed by atoms with van der Waals surface area (Å²) in [6.07, 6.45) is 0. The van der Waals surface area contributed by atoms with E-state index in [1.54, 1.807) is 0 Å². The van der Waals surface area contributed by atoms with Gasteiger partial charge in [-0.05, 0) is 6.92 Å². The molecule has 7 heteroatoms. The van der Waals surface area contributed by atoms with Crippen molar-refractivity contribution in [2.45, 2.75) is 12.4 Å². The highest BCUT2D eigenvalue weighted by molar-refractivity contribution is 7.87. The summed E-state index contributed by atoms with van der Waals surface area (Å²) >= 11 is 0. The topological polar surface area (TPSA) is 43.4 Å². The monoisotopic (exact) mass is 256 g/mol. The second kappa shape index (κ2) is 5.86. The van der Waals surface area contributed by atoms with Crippen molar-refractivity contribution in [2.24, 2.45) is 0 Å². The Labute approximate surface area is 92.0 Å². The molecule has 1 aromatic carbocycles. The predicted octanol–water partition coefficient (Wildman–Crippen LogP) is 2.48. The molecule has 0 unspecified atom stereocenters. The van der Waals surface area contributed by atoms with Crippen LogP contribution in [0.3, 0.4) is 0 Å². The van der Waals surface area contributed by atoms with Crippen LogP contribution in [0.4, 0.5) is 13.2 Å². The van der Waals surface area contributed by atoms with Crippen LogP contribution < -0.4 is 0 Å². The Morgan fingerprint density at radius 3 is 1.69 bits per heavy atom. The highest BCUT2D eigenvalue weighted by Crippen LogP contribution is 2.23. The van der Waals surface area contributed by atoms with Crippen LogP contribution in [0.15, 0.2) is 30.3 Å². The minimum Gasteiger partial charge on any atom is -0.267 e. The van der Waals surface area contributed by atoms with E-state index in [1.165, 1.54) is 5.56 Å². The molecule has 16 heavy (non-hydrogen) atoms. The number of hydrogen-bond donors (Lipinski definition) is 0. The van der Waals surface area contributed by atoms with Crippen molar-refractivity contribution >= 4 is 10.1 Å². The lowest BCUT2D eigenvalue weighted by Gasteiger charge is -2.02. The Bertz CT molecular complexity index is 398. The molecule has 0 aromatic heterocycles. The van der Waals surface area contributed by atoms with E-state index in [4.69, 9.17) is 0 Å². The van der Waals surface area contributed by atoms with Gasteiger partial charge in [-0.25, -0.2) is 0 Å². The van der Waals surface area contributed by atoms with Crippen LogP contribution in [-0.2, 0) is 14.3 Å². The molecular weight excluding hydrogens is 245 g/mol. The van der Waals surface area contributed by atoms with Crippen molar-refractivity contribution in [2.75, 3.05) is 7.11 Å². The molecule has 0 radical (unpaired) electrons. The molecule has 0 amide bonds. The largest absolute Gasteiger partial charge is 0.523 e. The number of alkyl halides is 3. The number of halogens is 3. The third-order valence-corrected chi connectivity index (χ3v) is 2.45. The first-order valence-corrected chi connectivity index (χ1v) is 5.50. The van der Waals surface area contributed by atoms with Crippen LogP contribution in [0.25, 0.3) is 0 Å². The third-order valence-electron chi connectivity index (χ3n) is 1.44. The van der Waals surface area contributed by atoms with Gasteiger partial charge >= 0.3 is 15.6 Å². The van der Waals surface area contributed by atoms with Crippen LogP contribution in [0.2, 0.25) is 0 Å². The number of benzene rings is 1. The second-order valence-corrected chi connectivity index (χ2v) is 4.43. The first kappa shape index (κ1) is 14.9. The minimum atomic E-state index is -5.34. The Morgan fingerprint density at radius 1 is 1.12 bits per heavy atom. The fourth-order valence-corrected chi connectivity index (χ4v) is 0.818. The van der Waals surface area contributed by atoms with Crippen LogP contribution in [0.5, 0.6) is 0 Å². The van der Waals surface area contributed by atoms with Gasteiger partial charge in [-0.1, -0.05) is 35.9 Å². The van der Waals surface area contributed by atoms with Crippen LogP contribution >= 0.6 is 0 Å². The van der Waals surface area contributed by atoms with Crippen molar-refractivity contribution in [3.8, 4) is 0 Å². The summed E-state index contributed by atoms with van der Waals surface area (Å²) in [5, 5.41) is 0. The van der Waals surface area contributed by atoms with E-state index in [0.29, 0.717) is 7.11 Å². The van der Waals surface area contributed by atoms with Crippen molar-refractivity contribution in [3.63, 3.8) is 0 Å². The molecule has 1 aromatic rings. The highest BCUT2D eigenvalue weighted by Gasteiger charge is 2.46. The average Bonchev–Trinajstić information content (AvgIpc) is 2.18. The van der Waals surface area contributed by atoms with Gasteiger partial charge in [0, 0.05) is 0 Å². The molecule has 0 N–H and O–H groups in total. The van der Waals surface area contributed by atoms with Crippen LogP contribution in [0.1, 0.15) is 5.56 Å². The van der Waals surface area contributed by atoms with Crippen molar-refractivity contribution < 1.29 is 25.8 Å². The SMILES string of the molecule is COS(=O)(=O)C(F)(F)F.Cc1ccccc1. The Hall–Kier alpha value is -1.08. The summed E-state index contributed by atoms with van der Waals surface area (Å²) in [6.45, 7) is 2.08. The lowest BCUT2D eigenvalue weighted by molar-refractivity contribution is -0.0526. The van der Waals surface area contributed by atoms with Gasteiger partial charge in [-0.3, -0.25) is 4.18 Å². The van der Waals surface area contributed by atoms with E-state index in [9.17, 15) is 21.6 Å². The molecule has 0 spiro atoms. The van der Waals surface area contributed by atoms with Gasteiger partial charge in [0.05, 0.1) is 7.11 Å². The van der Waals surface area contributed by atoms with E-state index in [2.05, 4.69) is 23.2 Å². The Balaban J connectivity index is 0.000000288. The molecule has 0 aliphatic carbocycles. The molecular formula is C9H11F3O3S. The van der Waals surface area contributed by atoms with E-state index >= 15 is 0 Å². The first-order chi connectivity index (χ1) is 7.20. The number of rotatable bonds is 1. The zero-order valence-corrected chi connectivity index (χ0v) is 9.47. The van der Waals surface area contributed by atoms with Crippen molar-refractivity contribution in [1.29, 1.82) is 0 Å². The highest BCUT2D eigenvalue weighted by atomic mass is 32.2. The lowest BCUT2D eigenvalue weighted by Crippen LogP contribution is -2.23. The van der Waals surface area contributed by atoms with Crippen LogP contribution in [0, 0.1) is 6.92 Å². The maximum Gasteiger partial charge on any atom is 0.523 e. The summed E-state index contributed by atoms with van der Waals surface area (Å²) in [6, 6.07) is 10.3. The van der Waals surface area contributed by atoms with Gasteiger partial charge in [0.1, 0.15) is 0 Å². The molecule has 0 aliphatic rings. The van der Waals surface area contributed by atoms with Gasteiger partial charge < -0.3 is 0 Å². The molecule has 0 atom stereocenters. The van der Waals surface area contributed by atoms with Gasteiger partial charge in [-0.15, -0.1) is 0 Å². The lowest BCUT2D eigenvalue weighted by atomic mass is 10.2. The summed E-state index contributed by atoms with van der Waals surface area (Å²) in [5.41, 5.74) is -3.98. The average molecular weight is 256 g/mol. The van der Waals surface area contributed by atoms with Crippen molar-refractivity contribution in [3.05, 3.63) is 35.9 Å². The minimum absolute atomic E-state index is 0.447. The zero-order valence-electron chi connectivity index (χ0n) is 8.65. The van der Waals surface area contributed by atoms with Gasteiger partial charge in [0.25, 0.3) is 0 Å². The standard InChI is InChI=1S/C7H8.C2H3F3O3S/c1-7-5-3-2-4-6-7;1-8-9(6,7)2(3,4)5/h2-6H,1H3;1H3. The van der Waals surface area contributed by atoms with E-state index in [0.717, 1.165) is 0 Å². The van der Waals surface area contributed by atoms with E-state index in [1.807, 2.05) is 18.2 Å². The molecule has 0 fully saturated rings. The molecule has 0 heterocycles.